The summed E-state index contributed by atoms with van der Waals surface area (Å²) in [6, 6.07) is 2.03. The third-order valence-corrected chi connectivity index (χ3v) is 2.20. The lowest BCUT2D eigenvalue weighted by Gasteiger charge is -2.02. The Hall–Kier alpha value is -1.44. The number of nitrogens with zero attached hydrogens (tertiary/aromatic N) is 2. The molecule has 2 heteroatoms. The van der Waals surface area contributed by atoms with Crippen molar-refractivity contribution in [1.29, 1.82) is 0 Å². The van der Waals surface area contributed by atoms with E-state index in [2.05, 4.69) is 16.9 Å². The molecule has 2 heterocycles. The quantitative estimate of drug-likeness (QED) is 0.587. The molecular formula is C10H10N2. The molecule has 0 saturated carbocycles. The van der Waals surface area contributed by atoms with Crippen molar-refractivity contribution in [1.82, 2.24) is 9.97 Å². The zero-order valence-corrected chi connectivity index (χ0v) is 7.20. The second-order valence-electron chi connectivity index (χ2n) is 2.93. The van der Waals surface area contributed by atoms with Gasteiger partial charge in [0.2, 0.25) is 0 Å². The standard InChI is InChI=1S/C10H10N2/c1-7-8(2)12-6-9-5-11-4-3-10(7)9/h3-6H,1-2H3. The Labute approximate surface area is 71.3 Å². The van der Waals surface area contributed by atoms with Crippen LogP contribution in [0.1, 0.15) is 11.3 Å². The Balaban J connectivity index is 2.91. The summed E-state index contributed by atoms with van der Waals surface area (Å²) in [5.41, 5.74) is 2.34. The molecule has 0 aliphatic rings. The maximum Gasteiger partial charge on any atom is 0.0408 e. The van der Waals surface area contributed by atoms with E-state index in [1.165, 1.54) is 10.9 Å². The molecule has 0 spiro atoms. The van der Waals surface area contributed by atoms with Gasteiger partial charge in [0.15, 0.2) is 0 Å². The molecule has 2 aromatic rings. The molecule has 0 aliphatic carbocycles. The van der Waals surface area contributed by atoms with E-state index in [4.69, 9.17) is 0 Å². The van der Waals surface area contributed by atoms with Crippen LogP contribution >= 0.6 is 0 Å². The maximum absolute atomic E-state index is 4.27. The van der Waals surface area contributed by atoms with Gasteiger partial charge in [-0.1, -0.05) is 0 Å². The summed E-state index contributed by atoms with van der Waals surface area (Å²) < 4.78 is 0. The van der Waals surface area contributed by atoms with Crippen molar-refractivity contribution in [3.8, 4) is 0 Å². The Morgan fingerprint density at radius 2 is 2.00 bits per heavy atom. The van der Waals surface area contributed by atoms with Gasteiger partial charge in [-0.25, -0.2) is 0 Å². The van der Waals surface area contributed by atoms with E-state index in [0.717, 1.165) is 11.1 Å². The first-order valence-corrected chi connectivity index (χ1v) is 3.95. The van der Waals surface area contributed by atoms with Crippen LogP contribution < -0.4 is 0 Å². The van der Waals surface area contributed by atoms with Gasteiger partial charge >= 0.3 is 0 Å². The molecule has 12 heavy (non-hydrogen) atoms. The lowest BCUT2D eigenvalue weighted by atomic mass is 10.1. The van der Waals surface area contributed by atoms with E-state index in [-0.39, 0.29) is 0 Å². The molecule has 0 fully saturated rings. The molecule has 0 bridgehead atoms. The SMILES string of the molecule is Cc1ncc2cnccc2c1C. The molecular weight excluding hydrogens is 148 g/mol. The van der Waals surface area contributed by atoms with Gasteiger partial charge in [0.05, 0.1) is 0 Å². The second-order valence-corrected chi connectivity index (χ2v) is 2.93. The summed E-state index contributed by atoms with van der Waals surface area (Å²) in [7, 11) is 0. The van der Waals surface area contributed by atoms with Crippen LogP contribution in [0, 0.1) is 13.8 Å². The van der Waals surface area contributed by atoms with Gasteiger partial charge in [0, 0.05) is 29.7 Å². The topological polar surface area (TPSA) is 25.8 Å². The fourth-order valence-corrected chi connectivity index (χ4v) is 1.31. The lowest BCUT2D eigenvalue weighted by molar-refractivity contribution is 1.17. The zero-order chi connectivity index (χ0) is 8.55. The molecule has 2 nitrogen and oxygen atoms in total. The van der Waals surface area contributed by atoms with Crippen LogP contribution in [0.15, 0.2) is 24.7 Å². The third-order valence-electron chi connectivity index (χ3n) is 2.20. The van der Waals surface area contributed by atoms with Crippen molar-refractivity contribution in [2.24, 2.45) is 0 Å². The van der Waals surface area contributed by atoms with Gasteiger partial charge in [-0.3, -0.25) is 9.97 Å². The molecule has 0 radical (unpaired) electrons. The van der Waals surface area contributed by atoms with Gasteiger partial charge in [0.25, 0.3) is 0 Å². The monoisotopic (exact) mass is 158 g/mol. The fourth-order valence-electron chi connectivity index (χ4n) is 1.31. The van der Waals surface area contributed by atoms with Crippen molar-refractivity contribution in [3.63, 3.8) is 0 Å². The molecule has 0 N–H and O–H groups in total. The van der Waals surface area contributed by atoms with Crippen LogP contribution in [0.4, 0.5) is 0 Å². The molecule has 60 valence electrons. The van der Waals surface area contributed by atoms with Crippen molar-refractivity contribution in [2.75, 3.05) is 0 Å². The summed E-state index contributed by atoms with van der Waals surface area (Å²) in [5, 5.41) is 2.36. The molecule has 2 aromatic heterocycles. The second kappa shape index (κ2) is 2.55. The molecule has 0 saturated heterocycles. The minimum Gasteiger partial charge on any atom is -0.264 e. The molecule has 0 atom stereocenters. The molecule has 0 amide bonds. The van der Waals surface area contributed by atoms with Crippen molar-refractivity contribution >= 4 is 10.8 Å². The summed E-state index contributed by atoms with van der Waals surface area (Å²) in [5.74, 6) is 0. The first kappa shape index (κ1) is 7.22. The number of rotatable bonds is 0. The Morgan fingerprint density at radius 1 is 1.17 bits per heavy atom. The molecule has 0 aliphatic heterocycles. The van der Waals surface area contributed by atoms with Gasteiger partial charge in [-0.05, 0) is 30.9 Å². The predicted molar refractivity (Wildman–Crippen MR) is 49.0 cm³/mol. The lowest BCUT2D eigenvalue weighted by Crippen LogP contribution is -1.88. The molecule has 2 rings (SSSR count). The zero-order valence-electron chi connectivity index (χ0n) is 7.20. The Kier molecular flexibility index (Phi) is 1.54. The van der Waals surface area contributed by atoms with Crippen LogP contribution in [0.3, 0.4) is 0 Å². The number of fused-ring (bicyclic) bond motifs is 1. The molecule has 0 unspecified atom stereocenters. The van der Waals surface area contributed by atoms with Gasteiger partial charge < -0.3 is 0 Å². The van der Waals surface area contributed by atoms with E-state index in [1.54, 1.807) is 0 Å². The number of hydrogen-bond acceptors (Lipinski definition) is 2. The van der Waals surface area contributed by atoms with Crippen LogP contribution in [-0.4, -0.2) is 9.97 Å². The average molecular weight is 158 g/mol. The minimum absolute atomic E-state index is 1.09. The first-order chi connectivity index (χ1) is 5.79. The number of hydrogen-bond donors (Lipinski definition) is 0. The highest BCUT2D eigenvalue weighted by atomic mass is 14.7. The minimum atomic E-state index is 1.09. The van der Waals surface area contributed by atoms with Crippen molar-refractivity contribution in [2.45, 2.75) is 13.8 Å². The van der Waals surface area contributed by atoms with E-state index in [1.807, 2.05) is 31.6 Å². The van der Waals surface area contributed by atoms with Gasteiger partial charge in [0.1, 0.15) is 0 Å². The number of aryl methyl sites for hydroxylation is 2. The van der Waals surface area contributed by atoms with E-state index < -0.39 is 0 Å². The van der Waals surface area contributed by atoms with Crippen LogP contribution in [0.2, 0.25) is 0 Å². The van der Waals surface area contributed by atoms with Crippen LogP contribution in [0.5, 0.6) is 0 Å². The largest absolute Gasteiger partial charge is 0.264 e. The smallest absolute Gasteiger partial charge is 0.0408 e. The van der Waals surface area contributed by atoms with E-state index >= 15 is 0 Å². The normalized spacial score (nSPS) is 10.5. The van der Waals surface area contributed by atoms with Crippen LogP contribution in [-0.2, 0) is 0 Å². The highest BCUT2D eigenvalue weighted by molar-refractivity contribution is 5.84. The third kappa shape index (κ3) is 0.961. The Morgan fingerprint density at radius 3 is 2.83 bits per heavy atom. The Bertz CT molecular complexity index is 421. The first-order valence-electron chi connectivity index (χ1n) is 3.95. The van der Waals surface area contributed by atoms with Crippen LogP contribution in [0.25, 0.3) is 10.8 Å². The summed E-state index contributed by atoms with van der Waals surface area (Å²) in [4.78, 5) is 8.31. The number of aromatic nitrogens is 2. The average Bonchev–Trinajstić information content (AvgIpc) is 2.12. The maximum atomic E-state index is 4.27. The predicted octanol–water partition coefficient (Wildman–Crippen LogP) is 2.25. The van der Waals surface area contributed by atoms with E-state index in [9.17, 15) is 0 Å². The van der Waals surface area contributed by atoms with Crippen molar-refractivity contribution < 1.29 is 0 Å². The van der Waals surface area contributed by atoms with E-state index in [0.29, 0.717) is 0 Å². The summed E-state index contributed by atoms with van der Waals surface area (Å²) in [6.45, 7) is 4.11. The fraction of sp³-hybridized carbons (Fsp3) is 0.200. The van der Waals surface area contributed by atoms with Gasteiger partial charge in [-0.2, -0.15) is 0 Å². The summed E-state index contributed by atoms with van der Waals surface area (Å²) >= 11 is 0. The molecule has 0 aromatic carbocycles. The highest BCUT2D eigenvalue weighted by Crippen LogP contribution is 2.17. The number of pyridine rings is 2. The van der Waals surface area contributed by atoms with Gasteiger partial charge in [-0.15, -0.1) is 0 Å². The van der Waals surface area contributed by atoms with Crippen molar-refractivity contribution in [3.05, 3.63) is 35.9 Å². The summed E-state index contributed by atoms with van der Waals surface area (Å²) in [6.07, 6.45) is 5.52. The highest BCUT2D eigenvalue weighted by Gasteiger charge is 1.99.